The van der Waals surface area contributed by atoms with Gasteiger partial charge in [-0.2, -0.15) is 5.10 Å². The molecular formula is C16H18F3N3O. The van der Waals surface area contributed by atoms with Crippen molar-refractivity contribution in [3.8, 4) is 5.75 Å². The number of nitrogens with one attached hydrogen (secondary N) is 1. The number of alkyl halides is 3. The highest BCUT2D eigenvalue weighted by Crippen LogP contribution is 2.25. The second-order valence-corrected chi connectivity index (χ2v) is 5.39. The minimum Gasteiger partial charge on any atom is -0.406 e. The Kier molecular flexibility index (Phi) is 5.41. The zero-order valence-electron chi connectivity index (χ0n) is 12.7. The molecule has 4 nitrogen and oxygen atoms in total. The third-order valence-corrected chi connectivity index (χ3v) is 3.49. The van der Waals surface area contributed by atoms with E-state index in [2.05, 4.69) is 40.0 Å². The largest absolute Gasteiger partial charge is 0.573 e. The van der Waals surface area contributed by atoms with Crippen LogP contribution < -0.4 is 10.2 Å². The lowest BCUT2D eigenvalue weighted by Crippen LogP contribution is -2.17. The molecule has 23 heavy (non-hydrogen) atoms. The van der Waals surface area contributed by atoms with Gasteiger partial charge >= 0.3 is 6.36 Å². The molecule has 124 valence electrons. The Morgan fingerprint density at radius 2 is 2.00 bits per heavy atom. The molecule has 1 unspecified atom stereocenters. The quantitative estimate of drug-likeness (QED) is 0.493. The molecule has 1 N–H and O–H groups in total. The maximum absolute atomic E-state index is 12.1. The molecule has 0 saturated heterocycles. The fourth-order valence-electron chi connectivity index (χ4n) is 2.23. The van der Waals surface area contributed by atoms with Gasteiger partial charge in [-0.05, 0) is 61.7 Å². The van der Waals surface area contributed by atoms with E-state index in [1.54, 1.807) is 0 Å². The Balaban J connectivity index is 2.02. The van der Waals surface area contributed by atoms with Crippen molar-refractivity contribution in [1.82, 2.24) is 0 Å². The molecule has 0 saturated carbocycles. The Bertz CT molecular complexity index is 606. The van der Waals surface area contributed by atoms with Gasteiger partial charge in [0.15, 0.2) is 5.84 Å². The molecule has 1 atom stereocenters. The van der Waals surface area contributed by atoms with Crippen LogP contribution in [-0.4, -0.2) is 18.9 Å². The lowest BCUT2D eigenvalue weighted by molar-refractivity contribution is -0.274. The van der Waals surface area contributed by atoms with Gasteiger partial charge < -0.3 is 4.74 Å². The van der Waals surface area contributed by atoms with Crippen molar-refractivity contribution in [2.75, 3.05) is 5.43 Å². The number of nitrogens with zero attached hydrogens (tertiary/aromatic N) is 2. The lowest BCUT2D eigenvalue weighted by atomic mass is 9.91. The number of benzene rings is 1. The van der Waals surface area contributed by atoms with Gasteiger partial charge in [-0.1, -0.05) is 13.0 Å². The molecule has 0 amide bonds. The summed E-state index contributed by atoms with van der Waals surface area (Å²) in [5, 5.41) is 4.17. The number of anilines is 1. The molecule has 0 spiro atoms. The summed E-state index contributed by atoms with van der Waals surface area (Å²) in [4.78, 5) is 3.91. The monoisotopic (exact) mass is 325 g/mol. The first kappa shape index (κ1) is 17.1. The average Bonchev–Trinajstić information content (AvgIpc) is 2.49. The van der Waals surface area contributed by atoms with E-state index < -0.39 is 6.36 Å². The van der Waals surface area contributed by atoms with Gasteiger partial charge in [-0.25, -0.2) is 4.99 Å². The van der Waals surface area contributed by atoms with Crippen molar-refractivity contribution in [2.45, 2.75) is 32.5 Å². The Hall–Kier alpha value is -2.31. The molecule has 1 aromatic rings. The maximum atomic E-state index is 12.1. The smallest absolute Gasteiger partial charge is 0.406 e. The molecule has 0 radical (unpaired) electrons. The summed E-state index contributed by atoms with van der Waals surface area (Å²) in [5.74, 6) is 0.879. The molecule has 2 rings (SSSR count). The summed E-state index contributed by atoms with van der Waals surface area (Å²) in [6.45, 7) is 5.70. The second kappa shape index (κ2) is 7.30. The van der Waals surface area contributed by atoms with Gasteiger partial charge in [0, 0.05) is 0 Å². The Morgan fingerprint density at radius 3 is 2.52 bits per heavy atom. The highest BCUT2D eigenvalue weighted by molar-refractivity contribution is 6.01. The van der Waals surface area contributed by atoms with Crippen LogP contribution in [0.4, 0.5) is 18.9 Å². The minimum absolute atomic E-state index is 0.280. The van der Waals surface area contributed by atoms with Gasteiger partial charge in [0.05, 0.1) is 5.69 Å². The summed E-state index contributed by atoms with van der Waals surface area (Å²) in [7, 11) is 0. The molecule has 7 heteroatoms. The van der Waals surface area contributed by atoms with Crippen molar-refractivity contribution < 1.29 is 17.9 Å². The Morgan fingerprint density at radius 1 is 1.30 bits per heavy atom. The number of hydrazone groups is 1. The number of amidine groups is 1. The van der Waals surface area contributed by atoms with E-state index in [9.17, 15) is 13.2 Å². The van der Waals surface area contributed by atoms with E-state index in [1.165, 1.54) is 24.3 Å². The fourth-order valence-corrected chi connectivity index (χ4v) is 2.23. The second-order valence-electron chi connectivity index (χ2n) is 5.39. The van der Waals surface area contributed by atoms with E-state index in [0.717, 1.165) is 24.8 Å². The first-order chi connectivity index (χ1) is 10.9. The van der Waals surface area contributed by atoms with Crippen molar-refractivity contribution in [3.63, 3.8) is 0 Å². The molecule has 1 aliphatic rings. The first-order valence-corrected chi connectivity index (χ1v) is 7.23. The number of halogens is 3. The normalized spacial score (nSPS) is 19.0. The third kappa shape index (κ3) is 5.43. The topological polar surface area (TPSA) is 46.0 Å². The fraction of sp³-hybridized carbons (Fsp3) is 0.375. The van der Waals surface area contributed by atoms with Gasteiger partial charge in [-0.3, -0.25) is 5.43 Å². The van der Waals surface area contributed by atoms with Crippen molar-refractivity contribution in [3.05, 3.63) is 35.9 Å². The van der Waals surface area contributed by atoms with E-state index >= 15 is 0 Å². The van der Waals surface area contributed by atoms with Crippen LogP contribution in [0.3, 0.4) is 0 Å². The highest BCUT2D eigenvalue weighted by Gasteiger charge is 2.30. The summed E-state index contributed by atoms with van der Waals surface area (Å²) in [6, 6.07) is 5.33. The molecule has 1 aliphatic carbocycles. The molecule has 0 aromatic heterocycles. The van der Waals surface area contributed by atoms with Crippen LogP contribution in [0, 0.1) is 5.92 Å². The molecule has 1 aromatic carbocycles. The lowest BCUT2D eigenvalue weighted by Gasteiger charge is -2.17. The predicted molar refractivity (Wildman–Crippen MR) is 84.8 cm³/mol. The summed E-state index contributed by atoms with van der Waals surface area (Å²) >= 11 is 0. The van der Waals surface area contributed by atoms with E-state index in [0.29, 0.717) is 17.4 Å². The molecule has 0 aliphatic heterocycles. The number of hydrogen-bond acceptors (Lipinski definition) is 3. The summed E-state index contributed by atoms with van der Waals surface area (Å²) < 4.78 is 40.1. The van der Waals surface area contributed by atoms with Gasteiger partial charge in [0.25, 0.3) is 0 Å². The number of aliphatic imine (C=N–C) groups is 1. The van der Waals surface area contributed by atoms with Crippen molar-refractivity contribution in [2.24, 2.45) is 16.0 Å². The zero-order valence-corrected chi connectivity index (χ0v) is 12.7. The number of allylic oxidation sites excluding steroid dienone is 1. The number of rotatable bonds is 4. The van der Waals surface area contributed by atoms with Crippen LogP contribution in [0.25, 0.3) is 0 Å². The van der Waals surface area contributed by atoms with Gasteiger partial charge in [0.1, 0.15) is 5.75 Å². The highest BCUT2D eigenvalue weighted by atomic mass is 19.4. The van der Waals surface area contributed by atoms with Crippen LogP contribution in [0.15, 0.2) is 46.0 Å². The number of ether oxygens (including phenoxy) is 1. The summed E-state index contributed by atoms with van der Waals surface area (Å²) in [5.41, 5.74) is 4.33. The summed E-state index contributed by atoms with van der Waals surface area (Å²) in [6.07, 6.45) is 0.345. The number of hydrogen-bond donors (Lipinski definition) is 1. The van der Waals surface area contributed by atoms with Crippen molar-refractivity contribution >= 4 is 18.2 Å². The van der Waals surface area contributed by atoms with Crippen LogP contribution in [0.2, 0.25) is 0 Å². The Labute approximate surface area is 132 Å². The standard InChI is InChI=1S/C16H18F3N3O/c1-11-3-5-12(6-4-11)15(20-2)22-21-13-7-9-14(10-8-13)23-16(17,18)19/h5,7-11,21H,2-4,6H2,1H3/b22-15-. The maximum Gasteiger partial charge on any atom is 0.573 e. The van der Waals surface area contributed by atoms with Crippen LogP contribution >= 0.6 is 0 Å². The minimum atomic E-state index is -4.70. The van der Waals surface area contributed by atoms with Crippen molar-refractivity contribution in [1.29, 1.82) is 0 Å². The molecule has 0 bridgehead atoms. The average molecular weight is 325 g/mol. The predicted octanol–water partition coefficient (Wildman–Crippen LogP) is 4.76. The van der Waals surface area contributed by atoms with E-state index in [4.69, 9.17) is 0 Å². The molecule has 0 fully saturated rings. The van der Waals surface area contributed by atoms with Crippen LogP contribution in [0.5, 0.6) is 5.75 Å². The van der Waals surface area contributed by atoms with Gasteiger partial charge in [-0.15, -0.1) is 13.2 Å². The van der Waals surface area contributed by atoms with Gasteiger partial charge in [0.2, 0.25) is 0 Å². The van der Waals surface area contributed by atoms with Crippen LogP contribution in [0.1, 0.15) is 26.2 Å². The zero-order chi connectivity index (χ0) is 16.9. The SMILES string of the molecule is C=N/C(=N\Nc1ccc(OC(F)(F)F)cc1)C1=CCC(C)CC1. The first-order valence-electron chi connectivity index (χ1n) is 7.23. The van der Waals surface area contributed by atoms with Crippen LogP contribution in [-0.2, 0) is 0 Å². The molecule has 0 heterocycles. The third-order valence-electron chi connectivity index (χ3n) is 3.49. The van der Waals surface area contributed by atoms with E-state index in [1.807, 2.05) is 0 Å². The molecular weight excluding hydrogens is 307 g/mol. The van der Waals surface area contributed by atoms with E-state index in [-0.39, 0.29) is 5.75 Å².